The van der Waals surface area contributed by atoms with Crippen molar-refractivity contribution in [2.75, 3.05) is 13.2 Å². The van der Waals surface area contributed by atoms with Crippen LogP contribution in [0.5, 0.6) is 0 Å². The van der Waals surface area contributed by atoms with E-state index in [1.54, 1.807) is 11.6 Å². The van der Waals surface area contributed by atoms with Gasteiger partial charge in [0, 0.05) is 0 Å². The molecule has 0 saturated carbocycles. The van der Waals surface area contributed by atoms with Crippen molar-refractivity contribution in [3.63, 3.8) is 0 Å². The number of likely N-dealkylation sites (tertiary alicyclic amines) is 1. The van der Waals surface area contributed by atoms with Crippen LogP contribution >= 0.6 is 0 Å². The number of aliphatic hydroxyl groups excluding tert-OH is 1. The Hall–Kier alpha value is -3.83. The smallest absolute Gasteiger partial charge is 0.312 e. The third kappa shape index (κ3) is 3.98. The SMILES string of the molecule is CCOC(=O)[C@H]1[C@H]2C(=O)N([C@@H](CO)Cc3ccccc3)C(C(=O)NCn3nnc4ccccc43)C23CC[C@]1(C)O3. The van der Waals surface area contributed by atoms with Crippen molar-refractivity contribution in [2.24, 2.45) is 11.8 Å². The van der Waals surface area contributed by atoms with Crippen LogP contribution in [0.3, 0.4) is 0 Å². The summed E-state index contributed by atoms with van der Waals surface area (Å²) in [5.41, 5.74) is 0.217. The largest absolute Gasteiger partial charge is 0.466 e. The number of nitrogens with one attached hydrogen (secondary N) is 1. The summed E-state index contributed by atoms with van der Waals surface area (Å²) in [5, 5.41) is 21.8. The van der Waals surface area contributed by atoms with Gasteiger partial charge in [-0.3, -0.25) is 14.4 Å². The minimum atomic E-state index is -1.22. The Bertz CT molecular complexity index is 1440. The Morgan fingerprint density at radius 2 is 1.93 bits per heavy atom. The third-order valence-electron chi connectivity index (χ3n) is 8.74. The van der Waals surface area contributed by atoms with Gasteiger partial charge in [-0.15, -0.1) is 5.10 Å². The first-order valence-corrected chi connectivity index (χ1v) is 13.7. The molecule has 4 heterocycles. The summed E-state index contributed by atoms with van der Waals surface area (Å²) in [6, 6.07) is 15.2. The molecule has 1 spiro atoms. The zero-order valence-corrected chi connectivity index (χ0v) is 22.5. The zero-order valence-electron chi connectivity index (χ0n) is 22.5. The summed E-state index contributed by atoms with van der Waals surface area (Å²) in [7, 11) is 0. The van der Waals surface area contributed by atoms with Crippen LogP contribution in [0, 0.1) is 11.8 Å². The summed E-state index contributed by atoms with van der Waals surface area (Å²) in [4.78, 5) is 43.0. The van der Waals surface area contributed by atoms with E-state index in [9.17, 15) is 19.5 Å². The van der Waals surface area contributed by atoms with Crippen LogP contribution in [0.25, 0.3) is 11.0 Å². The molecule has 3 aliphatic rings. The number of esters is 1. The number of fused-ring (bicyclic) bond motifs is 2. The Kier molecular flexibility index (Phi) is 6.58. The highest BCUT2D eigenvalue weighted by Gasteiger charge is 2.78. The van der Waals surface area contributed by atoms with Gasteiger partial charge < -0.3 is 24.8 Å². The molecule has 2 bridgehead atoms. The fourth-order valence-corrected chi connectivity index (χ4v) is 7.07. The number of carbonyl (C=O) groups excluding carboxylic acids is 3. The van der Waals surface area contributed by atoms with Gasteiger partial charge in [-0.05, 0) is 50.8 Å². The molecule has 3 aliphatic heterocycles. The molecular weight excluding hydrogens is 514 g/mol. The van der Waals surface area contributed by atoms with Crippen molar-refractivity contribution in [1.82, 2.24) is 25.2 Å². The molecule has 2 N–H and O–H groups in total. The van der Waals surface area contributed by atoms with Crippen molar-refractivity contribution >= 4 is 28.8 Å². The van der Waals surface area contributed by atoms with Crippen molar-refractivity contribution < 1.29 is 29.0 Å². The zero-order chi connectivity index (χ0) is 28.1. The van der Waals surface area contributed by atoms with Crippen LogP contribution < -0.4 is 5.32 Å². The molecule has 2 amide bonds. The van der Waals surface area contributed by atoms with Crippen LogP contribution in [-0.4, -0.2) is 79.3 Å². The molecule has 3 saturated heterocycles. The van der Waals surface area contributed by atoms with Gasteiger partial charge in [0.1, 0.15) is 29.7 Å². The molecule has 3 fully saturated rings. The van der Waals surface area contributed by atoms with E-state index in [2.05, 4.69) is 15.6 Å². The van der Waals surface area contributed by atoms with Gasteiger partial charge in [0.05, 0.1) is 36.3 Å². The van der Waals surface area contributed by atoms with Gasteiger partial charge in [0.2, 0.25) is 11.8 Å². The maximum atomic E-state index is 14.3. The number of benzene rings is 2. The van der Waals surface area contributed by atoms with E-state index in [0.717, 1.165) is 11.1 Å². The predicted molar refractivity (Wildman–Crippen MR) is 142 cm³/mol. The first kappa shape index (κ1) is 26.4. The molecule has 6 rings (SSSR count). The van der Waals surface area contributed by atoms with E-state index in [1.165, 1.54) is 4.90 Å². The Morgan fingerprint density at radius 3 is 2.67 bits per heavy atom. The molecule has 40 heavy (non-hydrogen) atoms. The molecule has 0 radical (unpaired) electrons. The average molecular weight is 548 g/mol. The number of hydrogen-bond acceptors (Lipinski definition) is 8. The Labute approximate surface area is 231 Å². The van der Waals surface area contributed by atoms with Crippen LogP contribution in [0.1, 0.15) is 32.3 Å². The highest BCUT2D eigenvalue weighted by molar-refractivity contribution is 5.98. The third-order valence-corrected chi connectivity index (χ3v) is 8.74. The molecule has 3 aromatic rings. The van der Waals surface area contributed by atoms with Crippen molar-refractivity contribution in [2.45, 2.75) is 63.1 Å². The average Bonchev–Trinajstić information content (AvgIpc) is 3.66. The van der Waals surface area contributed by atoms with E-state index in [0.29, 0.717) is 24.8 Å². The van der Waals surface area contributed by atoms with Gasteiger partial charge in [-0.25, -0.2) is 4.68 Å². The second-order valence-electron chi connectivity index (χ2n) is 11.0. The number of aromatic nitrogens is 3. The van der Waals surface area contributed by atoms with Gasteiger partial charge in [0.15, 0.2) is 0 Å². The van der Waals surface area contributed by atoms with Crippen LogP contribution in [0.2, 0.25) is 0 Å². The minimum absolute atomic E-state index is 0.0275. The van der Waals surface area contributed by atoms with Gasteiger partial charge in [-0.2, -0.15) is 0 Å². The van der Waals surface area contributed by atoms with Gasteiger partial charge in [-0.1, -0.05) is 47.7 Å². The predicted octanol–water partition coefficient (Wildman–Crippen LogP) is 1.44. The highest BCUT2D eigenvalue weighted by Crippen LogP contribution is 2.63. The summed E-state index contributed by atoms with van der Waals surface area (Å²) >= 11 is 0. The maximum Gasteiger partial charge on any atom is 0.312 e. The van der Waals surface area contributed by atoms with E-state index >= 15 is 0 Å². The number of rotatable bonds is 9. The lowest BCUT2D eigenvalue weighted by molar-refractivity contribution is -0.160. The molecule has 2 unspecified atom stereocenters. The normalized spacial score (nSPS) is 29.5. The summed E-state index contributed by atoms with van der Waals surface area (Å²) in [5.74, 6) is -3.04. The molecule has 11 nitrogen and oxygen atoms in total. The second-order valence-corrected chi connectivity index (χ2v) is 11.0. The monoisotopic (exact) mass is 547 g/mol. The van der Waals surface area contributed by atoms with Crippen LogP contribution in [-0.2, 0) is 36.9 Å². The molecule has 1 aromatic heterocycles. The number of amides is 2. The fraction of sp³-hybridized carbons (Fsp3) is 0.483. The number of hydrogen-bond donors (Lipinski definition) is 2. The van der Waals surface area contributed by atoms with Crippen molar-refractivity contribution in [1.29, 1.82) is 0 Å². The van der Waals surface area contributed by atoms with E-state index in [4.69, 9.17) is 9.47 Å². The Balaban J connectivity index is 1.36. The number of para-hydroxylation sites is 1. The van der Waals surface area contributed by atoms with Crippen molar-refractivity contribution in [3.8, 4) is 0 Å². The maximum absolute atomic E-state index is 14.3. The summed E-state index contributed by atoms with van der Waals surface area (Å²) < 4.78 is 13.6. The number of aliphatic hydroxyl groups is 1. The summed E-state index contributed by atoms with van der Waals surface area (Å²) in [6.45, 7) is 3.38. The summed E-state index contributed by atoms with van der Waals surface area (Å²) in [6.07, 6.45) is 1.28. The van der Waals surface area contributed by atoms with E-state index < -0.39 is 47.0 Å². The quantitative estimate of drug-likeness (QED) is 0.384. The molecule has 2 aromatic carbocycles. The molecule has 6 atom stereocenters. The van der Waals surface area contributed by atoms with Gasteiger partial charge in [0.25, 0.3) is 0 Å². The lowest BCUT2D eigenvalue weighted by atomic mass is 9.66. The highest BCUT2D eigenvalue weighted by atomic mass is 16.6. The van der Waals surface area contributed by atoms with Gasteiger partial charge >= 0.3 is 5.97 Å². The van der Waals surface area contributed by atoms with Crippen LogP contribution in [0.15, 0.2) is 54.6 Å². The van der Waals surface area contributed by atoms with Crippen molar-refractivity contribution in [3.05, 3.63) is 60.2 Å². The first-order valence-electron chi connectivity index (χ1n) is 13.7. The molecule has 0 aliphatic carbocycles. The topological polar surface area (TPSA) is 136 Å². The number of nitrogens with zero attached hydrogens (tertiary/aromatic N) is 4. The number of ether oxygens (including phenoxy) is 2. The molecule has 11 heteroatoms. The fourth-order valence-electron chi connectivity index (χ4n) is 7.07. The molecule has 210 valence electrons. The standard InChI is InChI=1S/C29H33N5O6/c1-3-39-27(38)23-22-26(37)34(19(16-35)15-18-9-5-4-6-10-18)24(29(22)14-13-28(23,2)40-29)25(36)30-17-33-21-12-8-7-11-20(21)31-32-33/h4-12,19,22-24,35H,3,13-17H2,1-2H3,(H,30,36)/t19-,22+,23-,24?,28+,29?/m1/s1. The lowest BCUT2D eigenvalue weighted by Crippen LogP contribution is -2.58. The minimum Gasteiger partial charge on any atom is -0.466 e. The second kappa shape index (κ2) is 9.97. The van der Waals surface area contributed by atoms with E-state index in [1.807, 2.05) is 61.5 Å². The Morgan fingerprint density at radius 1 is 1.18 bits per heavy atom. The number of carbonyl (C=O) groups is 3. The molecular formula is C29H33N5O6. The first-order chi connectivity index (χ1) is 19.3. The lowest BCUT2D eigenvalue weighted by Gasteiger charge is -2.37. The van der Waals surface area contributed by atoms with Crippen LogP contribution in [0.4, 0.5) is 0 Å². The van der Waals surface area contributed by atoms with E-state index in [-0.39, 0.29) is 25.8 Å².